The summed E-state index contributed by atoms with van der Waals surface area (Å²) < 4.78 is 14.0. The fourth-order valence-electron chi connectivity index (χ4n) is 3.74. The van der Waals surface area contributed by atoms with E-state index in [4.69, 9.17) is 0 Å². The molecule has 0 spiro atoms. The number of fused-ring (bicyclic) bond motifs is 3. The van der Waals surface area contributed by atoms with Crippen molar-refractivity contribution < 1.29 is 4.39 Å². The van der Waals surface area contributed by atoms with Crippen molar-refractivity contribution >= 4 is 5.69 Å². The maximum absolute atomic E-state index is 14.0. The van der Waals surface area contributed by atoms with Crippen molar-refractivity contribution in [3.05, 3.63) is 29.6 Å². The van der Waals surface area contributed by atoms with Gasteiger partial charge in [-0.05, 0) is 38.4 Å². The number of hydrogen-bond acceptors (Lipinski definition) is 2. The summed E-state index contributed by atoms with van der Waals surface area (Å²) in [6.07, 6.45) is 1.09. The summed E-state index contributed by atoms with van der Waals surface area (Å²) in [7, 11) is 2.02. The first kappa shape index (κ1) is 11.0. The molecule has 1 aromatic rings. The molecule has 1 fully saturated rings. The van der Waals surface area contributed by atoms with Gasteiger partial charge in [-0.25, -0.2) is 4.39 Å². The zero-order chi connectivity index (χ0) is 12.2. The summed E-state index contributed by atoms with van der Waals surface area (Å²) >= 11 is 0. The lowest BCUT2D eigenvalue weighted by atomic mass is 9.78. The number of piperidine rings is 1. The number of likely N-dealkylation sites (N-methyl/N-ethyl adjacent to an activating group) is 1. The molecule has 1 N–H and O–H groups in total. The molecule has 2 aliphatic rings. The second kappa shape index (κ2) is 3.45. The van der Waals surface area contributed by atoms with Gasteiger partial charge in [0, 0.05) is 18.5 Å². The zero-order valence-electron chi connectivity index (χ0n) is 10.6. The van der Waals surface area contributed by atoms with Crippen LogP contribution in [0, 0.1) is 5.82 Å². The Morgan fingerprint density at radius 1 is 1.41 bits per heavy atom. The van der Waals surface area contributed by atoms with Gasteiger partial charge in [-0.2, -0.15) is 0 Å². The van der Waals surface area contributed by atoms with E-state index in [1.807, 2.05) is 13.1 Å². The second-order valence-electron chi connectivity index (χ2n) is 5.78. The van der Waals surface area contributed by atoms with Crippen molar-refractivity contribution in [2.24, 2.45) is 0 Å². The van der Waals surface area contributed by atoms with Gasteiger partial charge in [0.2, 0.25) is 0 Å². The largest absolute Gasteiger partial charge is 0.367 e. The van der Waals surface area contributed by atoms with Crippen LogP contribution in [-0.4, -0.2) is 25.2 Å². The third-order valence-electron chi connectivity index (χ3n) is 4.34. The van der Waals surface area contributed by atoms with E-state index >= 15 is 0 Å². The van der Waals surface area contributed by atoms with Gasteiger partial charge in [0.25, 0.3) is 0 Å². The van der Waals surface area contributed by atoms with Crippen LogP contribution in [0.2, 0.25) is 0 Å². The van der Waals surface area contributed by atoms with Crippen molar-refractivity contribution in [2.75, 3.05) is 18.5 Å². The molecule has 2 unspecified atom stereocenters. The molecule has 0 aromatic heterocycles. The van der Waals surface area contributed by atoms with E-state index in [-0.39, 0.29) is 11.4 Å². The lowest BCUT2D eigenvalue weighted by molar-refractivity contribution is 0.237. The van der Waals surface area contributed by atoms with E-state index in [2.05, 4.69) is 30.1 Å². The number of rotatable bonds is 0. The highest BCUT2D eigenvalue weighted by atomic mass is 19.1. The van der Waals surface area contributed by atoms with Crippen molar-refractivity contribution in [3.8, 4) is 0 Å². The molecule has 3 rings (SSSR count). The van der Waals surface area contributed by atoms with Crippen molar-refractivity contribution in [1.29, 1.82) is 0 Å². The predicted molar refractivity (Wildman–Crippen MR) is 68.0 cm³/mol. The van der Waals surface area contributed by atoms with Crippen molar-refractivity contribution in [3.63, 3.8) is 0 Å². The number of halogens is 1. The molecular weight excluding hydrogens is 215 g/mol. The standard InChI is InChI=1S/C14H19FN2/c1-14(2)13-10(7-8-16-14)9-5-4-6-11(15)12(9)17(13)3/h4-6,10,13,16H,7-8H2,1-3H3. The summed E-state index contributed by atoms with van der Waals surface area (Å²) in [6, 6.07) is 5.83. The fourth-order valence-corrected chi connectivity index (χ4v) is 3.74. The SMILES string of the molecule is CN1c2c(F)cccc2C2CCNC(C)(C)C21. The van der Waals surface area contributed by atoms with Crippen LogP contribution in [0.15, 0.2) is 18.2 Å². The molecule has 0 amide bonds. The van der Waals surface area contributed by atoms with Crippen LogP contribution in [-0.2, 0) is 0 Å². The van der Waals surface area contributed by atoms with E-state index < -0.39 is 0 Å². The molecular formula is C14H19FN2. The Kier molecular flexibility index (Phi) is 2.24. The lowest BCUT2D eigenvalue weighted by Gasteiger charge is -2.45. The number of anilines is 1. The Hall–Kier alpha value is -1.09. The number of benzene rings is 1. The molecule has 2 heterocycles. The van der Waals surface area contributed by atoms with E-state index in [1.165, 1.54) is 5.56 Å². The average molecular weight is 234 g/mol. The van der Waals surface area contributed by atoms with Gasteiger partial charge >= 0.3 is 0 Å². The molecule has 92 valence electrons. The van der Waals surface area contributed by atoms with Crippen LogP contribution in [0.5, 0.6) is 0 Å². The van der Waals surface area contributed by atoms with Crippen LogP contribution in [0.4, 0.5) is 10.1 Å². The normalized spacial score (nSPS) is 30.0. The summed E-state index contributed by atoms with van der Waals surface area (Å²) in [5, 5.41) is 3.55. The Bertz CT molecular complexity index is 456. The van der Waals surface area contributed by atoms with Crippen LogP contribution in [0.25, 0.3) is 0 Å². The van der Waals surface area contributed by atoms with Gasteiger partial charge in [0.15, 0.2) is 0 Å². The Morgan fingerprint density at radius 3 is 2.94 bits per heavy atom. The molecule has 1 aromatic carbocycles. The monoisotopic (exact) mass is 234 g/mol. The highest BCUT2D eigenvalue weighted by Gasteiger charge is 2.48. The number of hydrogen-bond donors (Lipinski definition) is 1. The second-order valence-corrected chi connectivity index (χ2v) is 5.78. The molecule has 0 saturated carbocycles. The van der Waals surface area contributed by atoms with E-state index in [9.17, 15) is 4.39 Å². The smallest absolute Gasteiger partial charge is 0.146 e. The van der Waals surface area contributed by atoms with Crippen LogP contribution in [0.1, 0.15) is 31.7 Å². The van der Waals surface area contributed by atoms with Gasteiger partial charge < -0.3 is 10.2 Å². The molecule has 3 heteroatoms. The van der Waals surface area contributed by atoms with Crippen LogP contribution >= 0.6 is 0 Å². The van der Waals surface area contributed by atoms with Crippen molar-refractivity contribution in [2.45, 2.75) is 37.8 Å². The van der Waals surface area contributed by atoms with E-state index in [0.717, 1.165) is 18.7 Å². The minimum atomic E-state index is -0.0878. The van der Waals surface area contributed by atoms with Crippen LogP contribution < -0.4 is 10.2 Å². The van der Waals surface area contributed by atoms with Crippen LogP contribution in [0.3, 0.4) is 0 Å². The number of para-hydroxylation sites is 1. The maximum Gasteiger partial charge on any atom is 0.146 e. The summed E-state index contributed by atoms with van der Waals surface area (Å²) in [6.45, 7) is 5.44. The highest BCUT2D eigenvalue weighted by Crippen LogP contribution is 2.48. The predicted octanol–water partition coefficient (Wildman–Crippen LogP) is 2.50. The van der Waals surface area contributed by atoms with E-state index in [1.54, 1.807) is 6.07 Å². The number of nitrogens with zero attached hydrogens (tertiary/aromatic N) is 1. The molecule has 2 nitrogen and oxygen atoms in total. The maximum atomic E-state index is 14.0. The quantitative estimate of drug-likeness (QED) is 0.742. The van der Waals surface area contributed by atoms with E-state index in [0.29, 0.717) is 12.0 Å². The summed E-state index contributed by atoms with van der Waals surface area (Å²) in [5.41, 5.74) is 2.02. The van der Waals surface area contributed by atoms with Gasteiger partial charge in [0.1, 0.15) is 5.82 Å². The lowest BCUT2D eigenvalue weighted by Crippen LogP contribution is -2.60. The van der Waals surface area contributed by atoms with Gasteiger partial charge in [-0.15, -0.1) is 0 Å². The number of nitrogens with one attached hydrogen (secondary N) is 1. The minimum absolute atomic E-state index is 0.0309. The highest BCUT2D eigenvalue weighted by molar-refractivity contribution is 5.63. The molecule has 2 atom stereocenters. The van der Waals surface area contributed by atoms with Gasteiger partial charge in [0.05, 0.1) is 11.7 Å². The molecule has 0 radical (unpaired) electrons. The zero-order valence-corrected chi connectivity index (χ0v) is 10.6. The van der Waals surface area contributed by atoms with Gasteiger partial charge in [-0.1, -0.05) is 12.1 Å². The van der Waals surface area contributed by atoms with Gasteiger partial charge in [-0.3, -0.25) is 0 Å². The topological polar surface area (TPSA) is 15.3 Å². The third kappa shape index (κ3) is 1.41. The molecule has 0 bridgehead atoms. The Balaban J connectivity index is 2.13. The summed E-state index contributed by atoms with van der Waals surface area (Å²) in [5.74, 6) is 0.372. The first-order valence-electron chi connectivity index (χ1n) is 6.28. The first-order valence-corrected chi connectivity index (χ1v) is 6.28. The Labute approximate surface area is 102 Å². The average Bonchev–Trinajstić information content (AvgIpc) is 2.55. The fraction of sp³-hybridized carbons (Fsp3) is 0.571. The summed E-state index contributed by atoms with van der Waals surface area (Å²) in [4.78, 5) is 2.13. The first-order chi connectivity index (χ1) is 8.02. The van der Waals surface area contributed by atoms with Crippen molar-refractivity contribution in [1.82, 2.24) is 5.32 Å². The molecule has 2 aliphatic heterocycles. The third-order valence-corrected chi connectivity index (χ3v) is 4.34. The minimum Gasteiger partial charge on any atom is -0.367 e. The molecule has 0 aliphatic carbocycles. The molecule has 1 saturated heterocycles. The molecule has 17 heavy (non-hydrogen) atoms. The Morgan fingerprint density at radius 2 is 2.18 bits per heavy atom.